The number of fused-ring (bicyclic) bond motifs is 4. The minimum absolute atomic E-state index is 0. The van der Waals surface area contributed by atoms with E-state index in [9.17, 15) is 0 Å². The van der Waals surface area contributed by atoms with E-state index < -0.39 is 0 Å². The molecule has 0 aliphatic carbocycles. The maximum Gasteiger partial charge on any atom is 4.00 e. The van der Waals surface area contributed by atoms with E-state index in [0.717, 1.165) is 45.0 Å². The number of rotatable bonds is 7. The van der Waals surface area contributed by atoms with Crippen molar-refractivity contribution in [2.24, 2.45) is 0 Å². The van der Waals surface area contributed by atoms with Gasteiger partial charge < -0.3 is 26.5 Å². The summed E-state index contributed by atoms with van der Waals surface area (Å²) in [7, 11) is 0. The van der Waals surface area contributed by atoms with Crippen molar-refractivity contribution in [1.29, 1.82) is 0 Å². The summed E-state index contributed by atoms with van der Waals surface area (Å²) in [6, 6.07) is 56.6. The molecule has 6 aromatic carbocycles. The third-order valence-electron chi connectivity index (χ3n) is 11.5. The number of para-hydroxylation sites is 3. The second kappa shape index (κ2) is 16.1. The topological polar surface area (TPSA) is 33.5 Å². The average Bonchev–Trinajstić information content (AvgIpc) is 3.77. The summed E-state index contributed by atoms with van der Waals surface area (Å²) in [5.74, 6) is 2.11. The normalized spacial score (nSPS) is 12.9. The van der Waals surface area contributed by atoms with Crippen molar-refractivity contribution < 1.29 is 25.8 Å². The zero-order valence-electron chi connectivity index (χ0n) is 35.9. The summed E-state index contributed by atoms with van der Waals surface area (Å²) in [6.45, 7) is 20.2. The van der Waals surface area contributed by atoms with Crippen molar-refractivity contribution in [2.75, 3.05) is 9.80 Å². The quantitative estimate of drug-likeness (QED) is 0.149. The maximum atomic E-state index is 6.78. The van der Waals surface area contributed by atoms with Gasteiger partial charge in [0, 0.05) is 45.7 Å². The monoisotopic (exact) mass is 967 g/mol. The summed E-state index contributed by atoms with van der Waals surface area (Å²) in [4.78, 5) is 9.37. The maximum absolute atomic E-state index is 6.78. The first-order valence-corrected chi connectivity index (χ1v) is 20.1. The Morgan fingerprint density at radius 3 is 1.98 bits per heavy atom. The molecule has 0 atom stereocenters. The van der Waals surface area contributed by atoms with Gasteiger partial charge >= 0.3 is 21.1 Å². The van der Waals surface area contributed by atoms with Gasteiger partial charge in [-0.05, 0) is 75.4 Å². The fraction of sp³-hybridized carbons (Fsp3) is 0.204. The van der Waals surface area contributed by atoms with Crippen molar-refractivity contribution in [2.45, 2.75) is 71.6 Å². The minimum atomic E-state index is -0.183. The van der Waals surface area contributed by atoms with Gasteiger partial charge in [0.05, 0.1) is 0 Å². The molecule has 1 aliphatic heterocycles. The number of pyridine rings is 1. The smallest absolute Gasteiger partial charge is 0.509 e. The van der Waals surface area contributed by atoms with Crippen LogP contribution in [0.4, 0.5) is 22.7 Å². The van der Waals surface area contributed by atoms with E-state index in [1.54, 1.807) is 0 Å². The molecular formula is C54H52N4OPt. The van der Waals surface area contributed by atoms with Crippen molar-refractivity contribution in [3.05, 3.63) is 194 Å². The van der Waals surface area contributed by atoms with Crippen LogP contribution in [0.15, 0.2) is 146 Å². The van der Waals surface area contributed by atoms with Crippen LogP contribution < -0.4 is 14.5 Å². The zero-order valence-corrected chi connectivity index (χ0v) is 38.2. The van der Waals surface area contributed by atoms with E-state index >= 15 is 0 Å². The van der Waals surface area contributed by atoms with Gasteiger partial charge in [-0.2, -0.15) is 6.07 Å². The Balaban J connectivity index is 0.00000272. The van der Waals surface area contributed by atoms with E-state index in [0.29, 0.717) is 11.5 Å². The predicted octanol–water partition coefficient (Wildman–Crippen LogP) is 14.3. The van der Waals surface area contributed by atoms with Crippen LogP contribution in [-0.4, -0.2) is 9.55 Å². The fourth-order valence-electron chi connectivity index (χ4n) is 8.21. The van der Waals surface area contributed by atoms with Crippen molar-refractivity contribution >= 4 is 44.6 Å². The van der Waals surface area contributed by atoms with E-state index in [1.807, 2.05) is 18.3 Å². The molecule has 0 saturated carbocycles. The molecule has 0 unspecified atom stereocenters. The molecular weight excluding hydrogens is 916 g/mol. The Hall–Kier alpha value is -5.64. The van der Waals surface area contributed by atoms with E-state index in [1.165, 1.54) is 27.6 Å². The van der Waals surface area contributed by atoms with Crippen LogP contribution in [0.1, 0.15) is 77.6 Å². The Morgan fingerprint density at radius 2 is 1.25 bits per heavy atom. The van der Waals surface area contributed by atoms with Crippen LogP contribution in [0, 0.1) is 26.2 Å². The van der Waals surface area contributed by atoms with Crippen LogP contribution >= 0.6 is 0 Å². The molecule has 5 nitrogen and oxygen atoms in total. The molecule has 9 rings (SSSR count). The Kier molecular flexibility index (Phi) is 11.4. The van der Waals surface area contributed by atoms with Crippen LogP contribution in [0.2, 0.25) is 0 Å². The Bertz CT molecular complexity index is 2810. The molecule has 0 saturated heterocycles. The Labute approximate surface area is 370 Å². The molecule has 8 aromatic rings. The van der Waals surface area contributed by atoms with Gasteiger partial charge in [-0.1, -0.05) is 139 Å². The molecule has 3 heterocycles. The third-order valence-corrected chi connectivity index (χ3v) is 11.5. The number of ether oxygens (including phenoxy) is 1. The molecule has 0 N–H and O–H groups in total. The largest absolute Gasteiger partial charge is 4.00 e. The number of benzene rings is 6. The minimum Gasteiger partial charge on any atom is -0.509 e. The second-order valence-electron chi connectivity index (χ2n) is 17.9. The summed E-state index contributed by atoms with van der Waals surface area (Å²) >= 11 is 0. The molecule has 0 amide bonds. The Morgan fingerprint density at radius 1 is 0.583 bits per heavy atom. The number of hydrogen-bond acceptors (Lipinski definition) is 4. The zero-order chi connectivity index (χ0) is 40.4. The summed E-state index contributed by atoms with van der Waals surface area (Å²) < 4.78 is 9.02. The molecule has 2 aromatic heterocycles. The van der Waals surface area contributed by atoms with Crippen molar-refractivity contribution in [3.8, 4) is 17.3 Å². The van der Waals surface area contributed by atoms with E-state index in [-0.39, 0.29) is 44.7 Å². The van der Waals surface area contributed by atoms with Gasteiger partial charge in [0.15, 0.2) is 0 Å². The van der Waals surface area contributed by atoms with Crippen LogP contribution in [0.5, 0.6) is 11.5 Å². The van der Waals surface area contributed by atoms with Gasteiger partial charge in [0.2, 0.25) is 0 Å². The SMILES string of the molecule is CC(C)(C)c1ccnc(-n2c3[c-]c(Oc4[c-]c(N5[CH-]N(c6cccc(C(C)(C)c7ccccc7)c6)c6ccccc65)ccc4)cc(C(C)(C)C)c3c3ccccc32)c1.[CH3-].[Pt+4]. The molecule has 0 bridgehead atoms. The molecule has 0 spiro atoms. The summed E-state index contributed by atoms with van der Waals surface area (Å²) in [5.41, 5.74) is 10.7. The van der Waals surface area contributed by atoms with Gasteiger partial charge in [-0.15, -0.1) is 48.3 Å². The van der Waals surface area contributed by atoms with Crippen LogP contribution in [0.25, 0.3) is 27.6 Å². The first kappa shape index (κ1) is 42.5. The molecule has 0 radical (unpaired) electrons. The van der Waals surface area contributed by atoms with Crippen molar-refractivity contribution in [1.82, 2.24) is 9.55 Å². The standard InChI is InChI=1S/C53H49N4O.CH3.Pt/c1-51(2,3)37-28-29-54-49(31-37)57-45-25-13-12-24-43(45)50-44(52(4,5)6)33-42(34-48(50)57)58-41-23-17-22-40(32-41)56-35-55(46-26-14-15-27-47(46)56)39-21-16-20-38(30-39)53(7,8)36-18-10-9-11-19-36;;/h9-31,33,35H,1-8H3;1H3;/q-3;-1;+4. The number of aromatic nitrogens is 2. The molecule has 0 fully saturated rings. The van der Waals surface area contributed by atoms with Crippen molar-refractivity contribution in [3.63, 3.8) is 0 Å². The third kappa shape index (κ3) is 7.65. The number of nitrogens with zero attached hydrogens (tertiary/aromatic N) is 4. The van der Waals surface area contributed by atoms with Crippen LogP contribution in [0.3, 0.4) is 0 Å². The van der Waals surface area contributed by atoms with E-state index in [4.69, 9.17) is 9.72 Å². The molecule has 6 heteroatoms. The number of anilines is 4. The van der Waals surface area contributed by atoms with Gasteiger partial charge in [0.1, 0.15) is 5.82 Å². The van der Waals surface area contributed by atoms with Crippen LogP contribution in [-0.2, 0) is 37.3 Å². The number of hydrogen-bond donors (Lipinski definition) is 0. The molecule has 304 valence electrons. The van der Waals surface area contributed by atoms with Gasteiger partial charge in [0.25, 0.3) is 0 Å². The van der Waals surface area contributed by atoms with E-state index in [2.05, 4.69) is 216 Å². The first-order chi connectivity index (χ1) is 27.8. The van der Waals surface area contributed by atoms with Gasteiger partial charge in [-0.3, -0.25) is 0 Å². The predicted molar refractivity (Wildman–Crippen MR) is 247 cm³/mol. The molecule has 1 aliphatic rings. The first-order valence-electron chi connectivity index (χ1n) is 20.1. The summed E-state index contributed by atoms with van der Waals surface area (Å²) in [6.07, 6.45) is 1.92. The average molecular weight is 968 g/mol. The van der Waals surface area contributed by atoms with Gasteiger partial charge in [-0.25, -0.2) is 4.98 Å². The summed E-state index contributed by atoms with van der Waals surface area (Å²) in [5, 5.41) is 2.33. The second-order valence-corrected chi connectivity index (χ2v) is 17.9. The molecule has 60 heavy (non-hydrogen) atoms. The fourth-order valence-corrected chi connectivity index (χ4v) is 8.21.